The van der Waals surface area contributed by atoms with Crippen LogP contribution in [0.2, 0.25) is 5.02 Å². The number of fused-ring (bicyclic) bond motifs is 1. The van der Waals surface area contributed by atoms with Gasteiger partial charge in [-0.1, -0.05) is 35.5 Å². The summed E-state index contributed by atoms with van der Waals surface area (Å²) in [5.41, 5.74) is 3.09. The summed E-state index contributed by atoms with van der Waals surface area (Å²) in [7, 11) is -3.60. The van der Waals surface area contributed by atoms with Gasteiger partial charge in [-0.05, 0) is 36.4 Å². The molecule has 8 nitrogen and oxygen atoms in total. The maximum atomic E-state index is 12.9. The molecular weight excluding hydrogens is 496 g/mol. The van der Waals surface area contributed by atoms with Gasteiger partial charge in [-0.25, -0.2) is 13.4 Å². The molecule has 0 spiro atoms. The minimum atomic E-state index is -3.60. The summed E-state index contributed by atoms with van der Waals surface area (Å²) in [6.07, 6.45) is 0. The van der Waals surface area contributed by atoms with Gasteiger partial charge in [0, 0.05) is 41.5 Å². The van der Waals surface area contributed by atoms with Gasteiger partial charge < -0.3 is 14.6 Å². The quantitative estimate of drug-likeness (QED) is 0.538. The number of benzene rings is 2. The van der Waals surface area contributed by atoms with Crippen molar-refractivity contribution in [3.05, 3.63) is 64.8 Å². The molecule has 2 aliphatic rings. The highest BCUT2D eigenvalue weighted by molar-refractivity contribution is 7.99. The molecule has 0 radical (unpaired) electrons. The summed E-state index contributed by atoms with van der Waals surface area (Å²) < 4.78 is 34.4. The van der Waals surface area contributed by atoms with E-state index in [4.69, 9.17) is 21.3 Å². The van der Waals surface area contributed by atoms with E-state index in [1.165, 1.54) is 16.4 Å². The number of sulfonamides is 1. The van der Waals surface area contributed by atoms with Crippen molar-refractivity contribution in [3.63, 3.8) is 0 Å². The zero-order valence-electron chi connectivity index (χ0n) is 18.2. The van der Waals surface area contributed by atoms with Crippen molar-refractivity contribution in [2.24, 2.45) is 0 Å². The minimum Gasteiger partial charge on any atom is -0.379 e. The lowest BCUT2D eigenvalue weighted by molar-refractivity contribution is 0.0730. The van der Waals surface area contributed by atoms with Crippen molar-refractivity contribution < 1.29 is 17.9 Å². The van der Waals surface area contributed by atoms with E-state index in [0.717, 1.165) is 34.4 Å². The Morgan fingerprint density at radius 2 is 1.76 bits per heavy atom. The Morgan fingerprint density at radius 1 is 1.06 bits per heavy atom. The maximum absolute atomic E-state index is 12.9. The molecule has 0 aliphatic carbocycles. The predicted octanol–water partition coefficient (Wildman–Crippen LogP) is 3.26. The first kappa shape index (κ1) is 23.4. The van der Waals surface area contributed by atoms with Crippen molar-refractivity contribution in [1.29, 1.82) is 0 Å². The van der Waals surface area contributed by atoms with Crippen molar-refractivity contribution in [2.45, 2.75) is 23.1 Å². The fourth-order valence-electron chi connectivity index (χ4n) is 4.03. The summed E-state index contributed by atoms with van der Waals surface area (Å²) in [5, 5.41) is 4.55. The zero-order chi connectivity index (χ0) is 23.7. The molecule has 3 heterocycles. The molecular formula is C23H23ClN4O4S2. The number of carbonyl (C=O) groups is 1. The number of amides is 1. The molecule has 11 heteroatoms. The van der Waals surface area contributed by atoms with E-state index in [2.05, 4.69) is 9.88 Å². The minimum absolute atomic E-state index is 0.168. The van der Waals surface area contributed by atoms with Gasteiger partial charge in [0.25, 0.3) is 5.91 Å². The van der Waals surface area contributed by atoms with Gasteiger partial charge in [-0.15, -0.1) is 0 Å². The SMILES string of the molecule is O=C(NCc1c(-c2ccc(Cl)cc2)nc2n1CCS2)c1ccc(S(=O)(=O)N2CCOCC2)cc1. The average Bonchev–Trinajstić information content (AvgIpc) is 3.45. The van der Waals surface area contributed by atoms with Crippen LogP contribution in [0.25, 0.3) is 11.3 Å². The van der Waals surface area contributed by atoms with E-state index in [1.807, 2.05) is 24.3 Å². The Balaban J connectivity index is 1.32. The van der Waals surface area contributed by atoms with E-state index < -0.39 is 10.0 Å². The lowest BCUT2D eigenvalue weighted by Crippen LogP contribution is -2.40. The van der Waals surface area contributed by atoms with Crippen LogP contribution in [0.15, 0.2) is 58.6 Å². The molecule has 1 amide bonds. The largest absolute Gasteiger partial charge is 0.379 e. The van der Waals surface area contributed by atoms with Crippen LogP contribution in [-0.2, 0) is 27.8 Å². The molecule has 0 unspecified atom stereocenters. The number of hydrogen-bond acceptors (Lipinski definition) is 6. The number of ether oxygens (including phenoxy) is 1. The number of nitrogens with one attached hydrogen (secondary N) is 1. The van der Waals surface area contributed by atoms with Crippen LogP contribution in [0.5, 0.6) is 0 Å². The summed E-state index contributed by atoms with van der Waals surface area (Å²) in [6, 6.07) is 13.5. The average molecular weight is 519 g/mol. The van der Waals surface area contributed by atoms with Gasteiger partial charge in [0.2, 0.25) is 10.0 Å². The monoisotopic (exact) mass is 518 g/mol. The zero-order valence-corrected chi connectivity index (χ0v) is 20.6. The van der Waals surface area contributed by atoms with Crippen LogP contribution < -0.4 is 5.32 Å². The second-order valence-electron chi connectivity index (χ2n) is 7.92. The molecule has 0 bridgehead atoms. The number of morpholine rings is 1. The van der Waals surface area contributed by atoms with Crippen molar-refractivity contribution >= 4 is 39.3 Å². The standard InChI is InChI=1S/C23H23ClN4O4S2/c24-18-5-1-16(2-6-18)21-20(28-11-14-33-23(28)26-21)15-25-22(29)17-3-7-19(8-4-17)34(30,31)27-9-12-32-13-10-27/h1-8H,9-15H2,(H,25,29). The van der Waals surface area contributed by atoms with Crippen molar-refractivity contribution in [2.75, 3.05) is 32.1 Å². The smallest absolute Gasteiger partial charge is 0.251 e. The van der Waals surface area contributed by atoms with Crippen molar-refractivity contribution in [3.8, 4) is 11.3 Å². The summed E-state index contributed by atoms with van der Waals surface area (Å²) in [5.74, 6) is 0.669. The van der Waals surface area contributed by atoms with Crippen LogP contribution in [0.1, 0.15) is 16.1 Å². The fourth-order valence-corrected chi connectivity index (χ4v) is 6.53. The molecule has 0 saturated carbocycles. The number of rotatable bonds is 6. The number of aromatic nitrogens is 2. The summed E-state index contributed by atoms with van der Waals surface area (Å²) >= 11 is 7.73. The first-order chi connectivity index (χ1) is 16.4. The van der Waals surface area contributed by atoms with Gasteiger partial charge in [-0.3, -0.25) is 4.79 Å². The Hall–Kier alpha value is -2.37. The van der Waals surface area contributed by atoms with E-state index in [0.29, 0.717) is 43.4 Å². The first-order valence-corrected chi connectivity index (χ1v) is 13.7. The van der Waals surface area contributed by atoms with Crippen LogP contribution in [-0.4, -0.2) is 60.2 Å². The number of imidazole rings is 1. The van der Waals surface area contributed by atoms with Crippen LogP contribution in [0.3, 0.4) is 0 Å². The van der Waals surface area contributed by atoms with Crippen LogP contribution in [0.4, 0.5) is 0 Å². The number of hydrogen-bond donors (Lipinski definition) is 1. The normalized spacial score (nSPS) is 16.4. The molecule has 1 saturated heterocycles. The van der Waals surface area contributed by atoms with E-state index in [9.17, 15) is 13.2 Å². The Bertz CT molecular complexity index is 1300. The molecule has 1 N–H and O–H groups in total. The third kappa shape index (κ3) is 4.60. The number of carbonyl (C=O) groups excluding carboxylic acids is 1. The van der Waals surface area contributed by atoms with Crippen LogP contribution in [0, 0.1) is 0 Å². The predicted molar refractivity (Wildman–Crippen MR) is 131 cm³/mol. The van der Waals surface area contributed by atoms with E-state index in [-0.39, 0.29) is 10.8 Å². The molecule has 178 valence electrons. The molecule has 3 aromatic rings. The second kappa shape index (κ2) is 9.71. The molecule has 1 aromatic heterocycles. The lowest BCUT2D eigenvalue weighted by atomic mass is 10.1. The van der Waals surface area contributed by atoms with Crippen molar-refractivity contribution in [1.82, 2.24) is 19.2 Å². The summed E-state index contributed by atoms with van der Waals surface area (Å²) in [6.45, 7) is 2.56. The number of halogens is 1. The third-order valence-electron chi connectivity index (χ3n) is 5.84. The topological polar surface area (TPSA) is 93.5 Å². The van der Waals surface area contributed by atoms with Gasteiger partial charge in [-0.2, -0.15) is 4.31 Å². The number of thioether (sulfide) groups is 1. The fraction of sp³-hybridized carbons (Fsp3) is 0.304. The van der Waals surface area contributed by atoms with Gasteiger partial charge in [0.15, 0.2) is 5.16 Å². The Morgan fingerprint density at radius 3 is 2.47 bits per heavy atom. The number of nitrogens with zero attached hydrogens (tertiary/aromatic N) is 3. The second-order valence-corrected chi connectivity index (χ2v) is 11.4. The highest BCUT2D eigenvalue weighted by atomic mass is 35.5. The third-order valence-corrected chi connectivity index (χ3v) is 8.96. The van der Waals surface area contributed by atoms with E-state index in [1.54, 1.807) is 23.9 Å². The Labute approximate surface area is 207 Å². The maximum Gasteiger partial charge on any atom is 0.251 e. The molecule has 5 rings (SSSR count). The Kier molecular flexibility index (Phi) is 6.67. The highest BCUT2D eigenvalue weighted by Crippen LogP contribution is 2.33. The summed E-state index contributed by atoms with van der Waals surface area (Å²) in [4.78, 5) is 17.8. The molecule has 0 atom stereocenters. The van der Waals surface area contributed by atoms with Crippen LogP contribution >= 0.6 is 23.4 Å². The van der Waals surface area contributed by atoms with Gasteiger partial charge >= 0.3 is 0 Å². The lowest BCUT2D eigenvalue weighted by Gasteiger charge is -2.26. The molecule has 34 heavy (non-hydrogen) atoms. The van der Waals surface area contributed by atoms with Gasteiger partial charge in [0.05, 0.1) is 36.0 Å². The van der Waals surface area contributed by atoms with E-state index >= 15 is 0 Å². The molecule has 1 fully saturated rings. The highest BCUT2D eigenvalue weighted by Gasteiger charge is 2.27. The molecule has 2 aliphatic heterocycles. The van der Waals surface area contributed by atoms with Gasteiger partial charge in [0.1, 0.15) is 0 Å². The molecule has 2 aromatic carbocycles. The first-order valence-electron chi connectivity index (χ1n) is 10.9.